The van der Waals surface area contributed by atoms with Crippen LogP contribution in [0.4, 0.5) is 4.79 Å². The molecule has 1 N–H and O–H groups in total. The minimum Gasteiger partial charge on any atom is -0.467 e. The summed E-state index contributed by atoms with van der Waals surface area (Å²) in [7, 11) is 0. The van der Waals surface area contributed by atoms with Gasteiger partial charge in [0.25, 0.3) is 0 Å². The highest BCUT2D eigenvalue weighted by atomic mass is 16.7. The van der Waals surface area contributed by atoms with Crippen LogP contribution < -0.4 is 5.32 Å². The molecule has 0 aromatic carbocycles. The maximum absolute atomic E-state index is 12.3. The first kappa shape index (κ1) is 15.4. The molecule has 0 radical (unpaired) electrons. The van der Waals surface area contributed by atoms with Gasteiger partial charge in [0, 0.05) is 19.0 Å². The summed E-state index contributed by atoms with van der Waals surface area (Å²) in [5.41, 5.74) is 0. The lowest BCUT2D eigenvalue weighted by Crippen LogP contribution is -2.49. The monoisotopic (exact) mass is 308 g/mol. The van der Waals surface area contributed by atoms with Gasteiger partial charge in [-0.3, -0.25) is 0 Å². The number of rotatable bonds is 3. The van der Waals surface area contributed by atoms with Crippen LogP contribution in [0.2, 0.25) is 0 Å². The molecule has 6 heteroatoms. The third-order valence-electron chi connectivity index (χ3n) is 4.69. The van der Waals surface area contributed by atoms with Crippen molar-refractivity contribution in [1.82, 2.24) is 10.2 Å². The third kappa shape index (κ3) is 3.13. The SMILES string of the molecule is C[C@@H](NC(=O)N1CCC(C2(C)OCCO2)CC1)c1ccco1. The van der Waals surface area contributed by atoms with Crippen molar-refractivity contribution in [3.8, 4) is 0 Å². The highest BCUT2D eigenvalue weighted by Crippen LogP contribution is 2.35. The van der Waals surface area contributed by atoms with Crippen LogP contribution in [-0.4, -0.2) is 43.0 Å². The number of hydrogen-bond donors (Lipinski definition) is 1. The Kier molecular flexibility index (Phi) is 4.40. The van der Waals surface area contributed by atoms with E-state index in [-0.39, 0.29) is 12.1 Å². The topological polar surface area (TPSA) is 63.9 Å². The van der Waals surface area contributed by atoms with Gasteiger partial charge in [0.15, 0.2) is 5.79 Å². The highest BCUT2D eigenvalue weighted by Gasteiger charge is 2.41. The molecule has 2 aliphatic heterocycles. The summed E-state index contributed by atoms with van der Waals surface area (Å²) < 4.78 is 16.8. The Labute approximate surface area is 130 Å². The first-order chi connectivity index (χ1) is 10.6. The van der Waals surface area contributed by atoms with Gasteiger partial charge in [-0.05, 0) is 38.8 Å². The largest absolute Gasteiger partial charge is 0.467 e. The molecule has 6 nitrogen and oxygen atoms in total. The minimum atomic E-state index is -0.468. The van der Waals surface area contributed by atoms with Crippen LogP contribution in [0.3, 0.4) is 0 Å². The molecule has 2 aliphatic rings. The molecule has 122 valence electrons. The van der Waals surface area contributed by atoms with Gasteiger partial charge >= 0.3 is 6.03 Å². The number of amides is 2. The molecule has 3 rings (SSSR count). The summed E-state index contributed by atoms with van der Waals surface area (Å²) in [5, 5.41) is 2.98. The van der Waals surface area contributed by atoms with Gasteiger partial charge in [-0.1, -0.05) is 0 Å². The zero-order valence-corrected chi connectivity index (χ0v) is 13.2. The van der Waals surface area contributed by atoms with Crippen LogP contribution in [-0.2, 0) is 9.47 Å². The van der Waals surface area contributed by atoms with E-state index in [1.807, 2.05) is 30.9 Å². The number of hydrogen-bond acceptors (Lipinski definition) is 4. The summed E-state index contributed by atoms with van der Waals surface area (Å²) in [6.45, 7) is 6.72. The van der Waals surface area contributed by atoms with Crippen molar-refractivity contribution in [3.05, 3.63) is 24.2 Å². The molecule has 2 fully saturated rings. The Morgan fingerprint density at radius 3 is 2.64 bits per heavy atom. The Morgan fingerprint density at radius 2 is 2.05 bits per heavy atom. The molecule has 0 saturated carbocycles. The van der Waals surface area contributed by atoms with Crippen LogP contribution in [0.25, 0.3) is 0 Å². The van der Waals surface area contributed by atoms with Crippen LogP contribution >= 0.6 is 0 Å². The number of carbonyl (C=O) groups excluding carboxylic acids is 1. The van der Waals surface area contributed by atoms with Gasteiger partial charge in [-0.2, -0.15) is 0 Å². The van der Waals surface area contributed by atoms with E-state index in [4.69, 9.17) is 13.9 Å². The summed E-state index contributed by atoms with van der Waals surface area (Å²) in [4.78, 5) is 14.2. The number of ether oxygens (including phenoxy) is 2. The molecule has 1 aromatic heterocycles. The second-order valence-corrected chi connectivity index (χ2v) is 6.16. The molecule has 0 aliphatic carbocycles. The van der Waals surface area contributed by atoms with E-state index in [0.29, 0.717) is 19.1 Å². The molecule has 3 heterocycles. The predicted octanol–water partition coefficient (Wildman–Crippen LogP) is 2.53. The van der Waals surface area contributed by atoms with Crippen molar-refractivity contribution in [1.29, 1.82) is 0 Å². The molecule has 1 atom stereocenters. The summed E-state index contributed by atoms with van der Waals surface area (Å²) >= 11 is 0. The van der Waals surface area contributed by atoms with Gasteiger partial charge in [0.1, 0.15) is 5.76 Å². The molecular formula is C16H24N2O4. The van der Waals surface area contributed by atoms with E-state index in [1.54, 1.807) is 6.26 Å². The number of nitrogens with zero attached hydrogens (tertiary/aromatic N) is 1. The molecule has 2 saturated heterocycles. The smallest absolute Gasteiger partial charge is 0.317 e. The summed E-state index contributed by atoms with van der Waals surface area (Å²) in [5.74, 6) is 0.648. The maximum atomic E-state index is 12.3. The zero-order valence-electron chi connectivity index (χ0n) is 13.2. The number of likely N-dealkylation sites (tertiary alicyclic amines) is 1. The van der Waals surface area contributed by atoms with E-state index in [1.165, 1.54) is 0 Å². The van der Waals surface area contributed by atoms with E-state index in [0.717, 1.165) is 31.7 Å². The predicted molar refractivity (Wildman–Crippen MR) is 80.3 cm³/mol. The van der Waals surface area contributed by atoms with Gasteiger partial charge in [-0.25, -0.2) is 4.79 Å². The van der Waals surface area contributed by atoms with Crippen LogP contribution in [0.15, 0.2) is 22.8 Å². The normalized spacial score (nSPS) is 23.5. The summed E-state index contributed by atoms with van der Waals surface area (Å²) in [6, 6.07) is 3.53. The second kappa shape index (κ2) is 6.30. The molecule has 1 aromatic rings. The third-order valence-corrected chi connectivity index (χ3v) is 4.69. The van der Waals surface area contributed by atoms with Crippen molar-refractivity contribution in [2.45, 2.75) is 38.5 Å². The number of furan rings is 1. The van der Waals surface area contributed by atoms with Gasteiger partial charge in [-0.15, -0.1) is 0 Å². The lowest BCUT2D eigenvalue weighted by atomic mass is 9.89. The molecule has 0 bridgehead atoms. The quantitative estimate of drug-likeness (QED) is 0.932. The van der Waals surface area contributed by atoms with E-state index >= 15 is 0 Å². The highest BCUT2D eigenvalue weighted by molar-refractivity contribution is 5.74. The van der Waals surface area contributed by atoms with Gasteiger partial charge in [0.2, 0.25) is 0 Å². The lowest BCUT2D eigenvalue weighted by molar-refractivity contribution is -0.189. The molecule has 2 amide bonds. The minimum absolute atomic E-state index is 0.0410. The lowest BCUT2D eigenvalue weighted by Gasteiger charge is -2.39. The Balaban J connectivity index is 1.49. The van der Waals surface area contributed by atoms with Crippen molar-refractivity contribution in [3.63, 3.8) is 0 Å². The first-order valence-electron chi connectivity index (χ1n) is 7.95. The Morgan fingerprint density at radius 1 is 1.36 bits per heavy atom. The zero-order chi connectivity index (χ0) is 15.6. The number of urea groups is 1. The Hall–Kier alpha value is -1.53. The van der Waals surface area contributed by atoms with E-state index in [2.05, 4.69) is 5.32 Å². The number of carbonyl (C=O) groups is 1. The summed E-state index contributed by atoms with van der Waals surface area (Å²) in [6.07, 6.45) is 3.42. The number of piperidine rings is 1. The molecular weight excluding hydrogens is 284 g/mol. The molecule has 0 spiro atoms. The Bertz CT molecular complexity index is 488. The van der Waals surface area contributed by atoms with E-state index in [9.17, 15) is 4.79 Å². The average molecular weight is 308 g/mol. The second-order valence-electron chi connectivity index (χ2n) is 6.16. The van der Waals surface area contributed by atoms with E-state index < -0.39 is 5.79 Å². The molecule has 22 heavy (non-hydrogen) atoms. The van der Waals surface area contributed by atoms with Crippen LogP contribution in [0.1, 0.15) is 38.5 Å². The fourth-order valence-corrected chi connectivity index (χ4v) is 3.26. The van der Waals surface area contributed by atoms with Gasteiger partial charge in [0.05, 0.1) is 25.5 Å². The van der Waals surface area contributed by atoms with Crippen LogP contribution in [0.5, 0.6) is 0 Å². The van der Waals surface area contributed by atoms with Crippen molar-refractivity contribution < 1.29 is 18.7 Å². The first-order valence-corrected chi connectivity index (χ1v) is 7.95. The molecule has 0 unspecified atom stereocenters. The van der Waals surface area contributed by atoms with Crippen LogP contribution in [0, 0.1) is 5.92 Å². The van der Waals surface area contributed by atoms with Crippen molar-refractivity contribution in [2.75, 3.05) is 26.3 Å². The van der Waals surface area contributed by atoms with Gasteiger partial charge < -0.3 is 24.1 Å². The average Bonchev–Trinajstić information content (AvgIpc) is 3.19. The standard InChI is InChI=1S/C16H24N2O4/c1-12(14-4-3-9-20-14)17-15(19)18-7-5-13(6-8-18)16(2)21-10-11-22-16/h3-4,9,12-13H,5-8,10-11H2,1-2H3,(H,17,19)/t12-/m1/s1. The number of nitrogens with one attached hydrogen (secondary N) is 1. The maximum Gasteiger partial charge on any atom is 0.317 e. The van der Waals surface area contributed by atoms with Crippen molar-refractivity contribution >= 4 is 6.03 Å². The fraction of sp³-hybridized carbons (Fsp3) is 0.688. The fourth-order valence-electron chi connectivity index (χ4n) is 3.26. The van der Waals surface area contributed by atoms with Crippen molar-refractivity contribution in [2.24, 2.45) is 5.92 Å².